The van der Waals surface area contributed by atoms with E-state index in [1.165, 1.54) is 32.1 Å². The molecule has 0 aliphatic carbocycles. The molecule has 1 N–H and O–H groups in total. The molecule has 0 radical (unpaired) electrons. The predicted molar refractivity (Wildman–Crippen MR) is 67.0 cm³/mol. The lowest BCUT2D eigenvalue weighted by atomic mass is 10.2. The SMILES string of the molecule is ON=Cc1cccc(OCCN2CCCC2)c1. The van der Waals surface area contributed by atoms with E-state index in [1.807, 2.05) is 24.3 Å². The summed E-state index contributed by atoms with van der Waals surface area (Å²) in [6.07, 6.45) is 4.01. The molecule has 1 fully saturated rings. The van der Waals surface area contributed by atoms with Crippen molar-refractivity contribution in [3.8, 4) is 5.75 Å². The maximum absolute atomic E-state index is 8.45. The molecule has 1 saturated heterocycles. The van der Waals surface area contributed by atoms with Crippen LogP contribution in [0, 0.1) is 0 Å². The lowest BCUT2D eigenvalue weighted by Crippen LogP contribution is -2.25. The summed E-state index contributed by atoms with van der Waals surface area (Å²) in [6, 6.07) is 7.54. The highest BCUT2D eigenvalue weighted by Gasteiger charge is 2.10. The fourth-order valence-corrected chi connectivity index (χ4v) is 2.05. The Balaban J connectivity index is 1.79. The average Bonchev–Trinajstić information content (AvgIpc) is 2.83. The molecule has 1 aromatic carbocycles. The third-order valence-corrected chi connectivity index (χ3v) is 2.94. The molecular formula is C13H18N2O2. The van der Waals surface area contributed by atoms with Crippen molar-refractivity contribution < 1.29 is 9.94 Å². The standard InChI is InChI=1S/C13H18N2O2/c16-14-11-12-4-3-5-13(10-12)17-9-8-15-6-1-2-7-15/h3-5,10-11,16H,1-2,6-9H2. The number of oxime groups is 1. The molecule has 4 nitrogen and oxygen atoms in total. The average molecular weight is 234 g/mol. The monoisotopic (exact) mass is 234 g/mol. The van der Waals surface area contributed by atoms with E-state index < -0.39 is 0 Å². The molecule has 0 atom stereocenters. The second-order valence-electron chi connectivity index (χ2n) is 4.21. The van der Waals surface area contributed by atoms with Crippen LogP contribution >= 0.6 is 0 Å². The van der Waals surface area contributed by atoms with Gasteiger partial charge in [-0.2, -0.15) is 0 Å². The lowest BCUT2D eigenvalue weighted by Gasteiger charge is -2.14. The number of benzene rings is 1. The van der Waals surface area contributed by atoms with Gasteiger partial charge in [0.2, 0.25) is 0 Å². The van der Waals surface area contributed by atoms with Crippen LogP contribution in [0.2, 0.25) is 0 Å². The molecule has 0 aromatic heterocycles. The van der Waals surface area contributed by atoms with Crippen molar-refractivity contribution in [2.45, 2.75) is 12.8 Å². The zero-order valence-corrected chi connectivity index (χ0v) is 9.88. The molecule has 1 aliphatic heterocycles. The first-order chi connectivity index (χ1) is 8.38. The van der Waals surface area contributed by atoms with Crippen LogP contribution < -0.4 is 4.74 Å². The number of rotatable bonds is 5. The van der Waals surface area contributed by atoms with E-state index in [1.54, 1.807) is 0 Å². The van der Waals surface area contributed by atoms with Gasteiger partial charge in [-0.15, -0.1) is 0 Å². The van der Waals surface area contributed by atoms with Crippen molar-refractivity contribution in [1.29, 1.82) is 0 Å². The number of hydrogen-bond acceptors (Lipinski definition) is 4. The molecule has 1 heterocycles. The van der Waals surface area contributed by atoms with E-state index in [-0.39, 0.29) is 0 Å². The Labute approximate surface area is 101 Å². The van der Waals surface area contributed by atoms with Gasteiger partial charge in [-0.3, -0.25) is 4.90 Å². The van der Waals surface area contributed by atoms with E-state index in [0.717, 1.165) is 17.9 Å². The topological polar surface area (TPSA) is 45.1 Å². The van der Waals surface area contributed by atoms with Gasteiger partial charge in [0.25, 0.3) is 0 Å². The Morgan fingerprint density at radius 1 is 1.35 bits per heavy atom. The Bertz CT molecular complexity index is 373. The second-order valence-corrected chi connectivity index (χ2v) is 4.21. The van der Waals surface area contributed by atoms with E-state index in [9.17, 15) is 0 Å². The highest BCUT2D eigenvalue weighted by molar-refractivity contribution is 5.79. The Kier molecular flexibility index (Phi) is 4.38. The quantitative estimate of drug-likeness (QED) is 0.481. The molecule has 1 aliphatic rings. The van der Waals surface area contributed by atoms with Gasteiger partial charge in [0, 0.05) is 6.54 Å². The van der Waals surface area contributed by atoms with Crippen LogP contribution in [-0.2, 0) is 0 Å². The molecule has 17 heavy (non-hydrogen) atoms. The van der Waals surface area contributed by atoms with E-state index in [4.69, 9.17) is 9.94 Å². The third kappa shape index (κ3) is 3.75. The highest BCUT2D eigenvalue weighted by Crippen LogP contribution is 2.12. The van der Waals surface area contributed by atoms with Crippen molar-refractivity contribution in [2.75, 3.05) is 26.2 Å². The van der Waals surface area contributed by atoms with Gasteiger partial charge >= 0.3 is 0 Å². The van der Waals surface area contributed by atoms with Crippen LogP contribution in [0.4, 0.5) is 0 Å². The van der Waals surface area contributed by atoms with Gasteiger partial charge in [0.1, 0.15) is 12.4 Å². The van der Waals surface area contributed by atoms with Crippen molar-refractivity contribution in [3.63, 3.8) is 0 Å². The summed E-state index contributed by atoms with van der Waals surface area (Å²) < 4.78 is 5.67. The van der Waals surface area contributed by atoms with Gasteiger partial charge in [0.05, 0.1) is 6.21 Å². The van der Waals surface area contributed by atoms with E-state index in [2.05, 4.69) is 10.1 Å². The molecule has 0 saturated carbocycles. The van der Waals surface area contributed by atoms with Crippen molar-refractivity contribution in [1.82, 2.24) is 4.90 Å². The molecule has 0 bridgehead atoms. The molecule has 0 spiro atoms. The number of nitrogens with zero attached hydrogens (tertiary/aromatic N) is 2. The summed E-state index contributed by atoms with van der Waals surface area (Å²) in [6.45, 7) is 4.08. The van der Waals surface area contributed by atoms with Crippen LogP contribution in [0.15, 0.2) is 29.4 Å². The Morgan fingerprint density at radius 2 is 2.18 bits per heavy atom. The van der Waals surface area contributed by atoms with Crippen molar-refractivity contribution >= 4 is 6.21 Å². The summed E-state index contributed by atoms with van der Waals surface area (Å²) in [7, 11) is 0. The first kappa shape index (κ1) is 11.9. The molecule has 2 rings (SSSR count). The Hall–Kier alpha value is -1.55. The molecule has 0 amide bonds. The minimum Gasteiger partial charge on any atom is -0.492 e. The number of likely N-dealkylation sites (tertiary alicyclic amines) is 1. The summed E-state index contributed by atoms with van der Waals surface area (Å²) >= 11 is 0. The molecule has 92 valence electrons. The zero-order valence-electron chi connectivity index (χ0n) is 9.88. The zero-order chi connectivity index (χ0) is 11.9. The van der Waals surface area contributed by atoms with Crippen LogP contribution in [0.3, 0.4) is 0 Å². The summed E-state index contributed by atoms with van der Waals surface area (Å²) in [5, 5.41) is 11.5. The van der Waals surface area contributed by atoms with Gasteiger partial charge in [-0.1, -0.05) is 17.3 Å². The summed E-state index contributed by atoms with van der Waals surface area (Å²) in [5.74, 6) is 0.821. The summed E-state index contributed by atoms with van der Waals surface area (Å²) in [4.78, 5) is 2.42. The molecular weight excluding hydrogens is 216 g/mol. The Morgan fingerprint density at radius 3 is 2.94 bits per heavy atom. The largest absolute Gasteiger partial charge is 0.492 e. The van der Waals surface area contributed by atoms with Crippen LogP contribution in [-0.4, -0.2) is 42.6 Å². The predicted octanol–water partition coefficient (Wildman–Crippen LogP) is 1.97. The maximum Gasteiger partial charge on any atom is 0.120 e. The van der Waals surface area contributed by atoms with E-state index >= 15 is 0 Å². The van der Waals surface area contributed by atoms with Gasteiger partial charge < -0.3 is 9.94 Å². The number of hydrogen-bond donors (Lipinski definition) is 1. The normalized spacial score (nSPS) is 16.7. The lowest BCUT2D eigenvalue weighted by molar-refractivity contribution is 0.238. The minimum atomic E-state index is 0.708. The van der Waals surface area contributed by atoms with Gasteiger partial charge in [-0.25, -0.2) is 0 Å². The number of ether oxygens (including phenoxy) is 1. The molecule has 0 unspecified atom stereocenters. The fraction of sp³-hybridized carbons (Fsp3) is 0.462. The molecule has 1 aromatic rings. The first-order valence-electron chi connectivity index (χ1n) is 6.01. The maximum atomic E-state index is 8.45. The summed E-state index contributed by atoms with van der Waals surface area (Å²) in [5.41, 5.74) is 0.839. The first-order valence-corrected chi connectivity index (χ1v) is 6.01. The molecule has 4 heteroatoms. The second kappa shape index (κ2) is 6.25. The van der Waals surface area contributed by atoms with Crippen LogP contribution in [0.25, 0.3) is 0 Å². The van der Waals surface area contributed by atoms with Gasteiger partial charge in [0.15, 0.2) is 0 Å². The smallest absolute Gasteiger partial charge is 0.120 e. The highest BCUT2D eigenvalue weighted by atomic mass is 16.5. The van der Waals surface area contributed by atoms with Crippen molar-refractivity contribution in [2.24, 2.45) is 5.16 Å². The fourth-order valence-electron chi connectivity index (χ4n) is 2.05. The van der Waals surface area contributed by atoms with Gasteiger partial charge in [-0.05, 0) is 43.6 Å². The van der Waals surface area contributed by atoms with Crippen LogP contribution in [0.5, 0.6) is 5.75 Å². The van der Waals surface area contributed by atoms with E-state index in [0.29, 0.717) is 6.61 Å². The van der Waals surface area contributed by atoms with Crippen LogP contribution in [0.1, 0.15) is 18.4 Å². The van der Waals surface area contributed by atoms with Crippen molar-refractivity contribution in [3.05, 3.63) is 29.8 Å². The third-order valence-electron chi connectivity index (χ3n) is 2.94. The minimum absolute atomic E-state index is 0.708.